The van der Waals surface area contributed by atoms with Crippen molar-refractivity contribution in [3.05, 3.63) is 59.0 Å². The summed E-state index contributed by atoms with van der Waals surface area (Å²) >= 11 is 0. The van der Waals surface area contributed by atoms with E-state index in [4.69, 9.17) is 4.42 Å². The van der Waals surface area contributed by atoms with Crippen molar-refractivity contribution in [1.82, 2.24) is 5.32 Å². The maximum Gasteiger partial charge on any atom is 0.0935 e. The molecule has 18 heavy (non-hydrogen) atoms. The molecule has 1 atom stereocenters. The maximum absolute atomic E-state index is 5.14. The van der Waals surface area contributed by atoms with Crippen molar-refractivity contribution in [1.29, 1.82) is 0 Å². The SMILES string of the molecule is CCNC(Cc1ccoc1)c1ccc(C)c(C)c1. The van der Waals surface area contributed by atoms with Crippen LogP contribution < -0.4 is 5.32 Å². The fourth-order valence-electron chi connectivity index (χ4n) is 2.18. The summed E-state index contributed by atoms with van der Waals surface area (Å²) in [6, 6.07) is 9.08. The summed E-state index contributed by atoms with van der Waals surface area (Å²) in [5.41, 5.74) is 5.28. The zero-order chi connectivity index (χ0) is 13.0. The molecule has 0 spiro atoms. The van der Waals surface area contributed by atoms with Gasteiger partial charge in [0.2, 0.25) is 0 Å². The van der Waals surface area contributed by atoms with Crippen LogP contribution in [0, 0.1) is 13.8 Å². The first-order valence-electron chi connectivity index (χ1n) is 6.52. The molecule has 2 nitrogen and oxygen atoms in total. The van der Waals surface area contributed by atoms with Crippen LogP contribution in [0.15, 0.2) is 41.2 Å². The molecule has 0 bridgehead atoms. The Morgan fingerprint density at radius 2 is 2.00 bits per heavy atom. The second-order valence-corrected chi connectivity index (χ2v) is 4.79. The van der Waals surface area contributed by atoms with Gasteiger partial charge >= 0.3 is 0 Å². The predicted molar refractivity (Wildman–Crippen MR) is 74.7 cm³/mol. The Bertz CT molecular complexity index is 488. The zero-order valence-corrected chi connectivity index (χ0v) is 11.4. The van der Waals surface area contributed by atoms with Gasteiger partial charge < -0.3 is 9.73 Å². The number of furan rings is 1. The average Bonchev–Trinajstić information content (AvgIpc) is 2.85. The molecule has 1 heterocycles. The van der Waals surface area contributed by atoms with Gasteiger partial charge in [0.15, 0.2) is 0 Å². The average molecular weight is 243 g/mol. The van der Waals surface area contributed by atoms with Crippen LogP contribution in [0.1, 0.15) is 35.2 Å². The molecule has 0 aliphatic heterocycles. The van der Waals surface area contributed by atoms with Crippen molar-refractivity contribution >= 4 is 0 Å². The van der Waals surface area contributed by atoms with Crippen molar-refractivity contribution < 1.29 is 4.42 Å². The molecule has 96 valence electrons. The van der Waals surface area contributed by atoms with E-state index in [1.54, 1.807) is 6.26 Å². The third-order valence-electron chi connectivity index (χ3n) is 3.40. The third-order valence-corrected chi connectivity index (χ3v) is 3.40. The van der Waals surface area contributed by atoms with Crippen molar-refractivity contribution in [3.63, 3.8) is 0 Å². The van der Waals surface area contributed by atoms with Crippen LogP contribution in [0.4, 0.5) is 0 Å². The van der Waals surface area contributed by atoms with Crippen molar-refractivity contribution in [2.24, 2.45) is 0 Å². The van der Waals surface area contributed by atoms with Crippen molar-refractivity contribution in [2.75, 3.05) is 6.54 Å². The van der Waals surface area contributed by atoms with Gasteiger partial charge in [0, 0.05) is 6.04 Å². The summed E-state index contributed by atoms with van der Waals surface area (Å²) < 4.78 is 5.14. The first-order valence-corrected chi connectivity index (χ1v) is 6.52. The van der Waals surface area contributed by atoms with Gasteiger partial charge in [-0.2, -0.15) is 0 Å². The molecule has 0 aliphatic carbocycles. The van der Waals surface area contributed by atoms with Gasteiger partial charge in [0.05, 0.1) is 12.5 Å². The Labute approximate surface area is 109 Å². The highest BCUT2D eigenvalue weighted by molar-refractivity contribution is 5.32. The van der Waals surface area contributed by atoms with Gasteiger partial charge in [-0.15, -0.1) is 0 Å². The number of likely N-dealkylation sites (N-methyl/N-ethyl adjacent to an activating group) is 1. The van der Waals surface area contributed by atoms with E-state index in [-0.39, 0.29) is 0 Å². The molecule has 1 N–H and O–H groups in total. The minimum absolute atomic E-state index is 0.354. The van der Waals surface area contributed by atoms with Crippen molar-refractivity contribution in [2.45, 2.75) is 33.2 Å². The predicted octanol–water partition coefficient (Wildman–Crippen LogP) is 3.79. The van der Waals surface area contributed by atoms with Gasteiger partial charge in [0.1, 0.15) is 0 Å². The number of rotatable bonds is 5. The lowest BCUT2D eigenvalue weighted by atomic mass is 9.97. The maximum atomic E-state index is 5.14. The quantitative estimate of drug-likeness (QED) is 0.864. The first-order chi connectivity index (χ1) is 8.70. The lowest BCUT2D eigenvalue weighted by Crippen LogP contribution is -2.22. The van der Waals surface area contributed by atoms with Crippen LogP contribution in [0.3, 0.4) is 0 Å². The molecular formula is C16H21NO. The Morgan fingerprint density at radius 1 is 1.17 bits per heavy atom. The normalized spacial score (nSPS) is 12.6. The third kappa shape index (κ3) is 3.02. The van der Waals surface area contributed by atoms with Gasteiger partial charge in [-0.25, -0.2) is 0 Å². The standard InChI is InChI=1S/C16H21NO/c1-4-17-16(10-14-7-8-18-11-14)15-6-5-12(2)13(3)9-15/h5-9,11,16-17H,4,10H2,1-3H3. The molecule has 1 unspecified atom stereocenters. The zero-order valence-electron chi connectivity index (χ0n) is 11.4. The fourth-order valence-corrected chi connectivity index (χ4v) is 2.18. The summed E-state index contributed by atoms with van der Waals surface area (Å²) in [6.45, 7) is 7.43. The Morgan fingerprint density at radius 3 is 2.61 bits per heavy atom. The second-order valence-electron chi connectivity index (χ2n) is 4.79. The molecular weight excluding hydrogens is 222 g/mol. The molecule has 0 radical (unpaired) electrons. The molecule has 0 fully saturated rings. The van der Waals surface area contributed by atoms with Crippen LogP contribution in [0.25, 0.3) is 0 Å². The smallest absolute Gasteiger partial charge is 0.0935 e. The Hall–Kier alpha value is -1.54. The fraction of sp³-hybridized carbons (Fsp3) is 0.375. The van der Waals surface area contributed by atoms with Crippen LogP contribution in [0.5, 0.6) is 0 Å². The highest BCUT2D eigenvalue weighted by Crippen LogP contribution is 2.21. The molecule has 0 aliphatic rings. The van der Waals surface area contributed by atoms with Crippen LogP contribution >= 0.6 is 0 Å². The minimum Gasteiger partial charge on any atom is -0.472 e. The molecule has 0 saturated heterocycles. The lowest BCUT2D eigenvalue weighted by Gasteiger charge is -2.18. The highest BCUT2D eigenvalue weighted by Gasteiger charge is 2.12. The summed E-state index contributed by atoms with van der Waals surface area (Å²) in [5.74, 6) is 0. The molecule has 2 aromatic rings. The largest absolute Gasteiger partial charge is 0.472 e. The molecule has 2 rings (SSSR count). The first kappa shape index (κ1) is 12.9. The topological polar surface area (TPSA) is 25.2 Å². The van der Waals surface area contributed by atoms with E-state index in [2.05, 4.69) is 44.3 Å². The van der Waals surface area contributed by atoms with E-state index in [0.717, 1.165) is 13.0 Å². The number of aryl methyl sites for hydroxylation is 2. The summed E-state index contributed by atoms with van der Waals surface area (Å²) in [4.78, 5) is 0. The highest BCUT2D eigenvalue weighted by atomic mass is 16.3. The summed E-state index contributed by atoms with van der Waals surface area (Å²) in [7, 11) is 0. The Kier molecular flexibility index (Phi) is 4.21. The number of hydrogen-bond donors (Lipinski definition) is 1. The van der Waals surface area contributed by atoms with Crippen molar-refractivity contribution in [3.8, 4) is 0 Å². The van der Waals surface area contributed by atoms with Crippen LogP contribution in [-0.4, -0.2) is 6.54 Å². The van der Waals surface area contributed by atoms with Gasteiger partial charge in [0.25, 0.3) is 0 Å². The molecule has 2 heteroatoms. The van der Waals surface area contributed by atoms with Gasteiger partial charge in [-0.1, -0.05) is 25.1 Å². The van der Waals surface area contributed by atoms with E-state index in [9.17, 15) is 0 Å². The molecule has 1 aromatic carbocycles. The van der Waals surface area contributed by atoms with E-state index in [1.807, 2.05) is 12.3 Å². The summed E-state index contributed by atoms with van der Waals surface area (Å²) in [6.07, 6.45) is 4.52. The second kappa shape index (κ2) is 5.87. The monoisotopic (exact) mass is 243 g/mol. The number of benzene rings is 1. The number of nitrogens with one attached hydrogen (secondary N) is 1. The van der Waals surface area contributed by atoms with E-state index in [0.29, 0.717) is 6.04 Å². The lowest BCUT2D eigenvalue weighted by molar-refractivity contribution is 0.534. The summed E-state index contributed by atoms with van der Waals surface area (Å²) in [5, 5.41) is 3.54. The van der Waals surface area contributed by atoms with E-state index >= 15 is 0 Å². The molecule has 0 amide bonds. The van der Waals surface area contributed by atoms with Gasteiger partial charge in [-0.05, 0) is 55.1 Å². The van der Waals surface area contributed by atoms with E-state index in [1.165, 1.54) is 22.3 Å². The van der Waals surface area contributed by atoms with Crippen LogP contribution in [-0.2, 0) is 6.42 Å². The molecule has 1 aromatic heterocycles. The Balaban J connectivity index is 2.20. The van der Waals surface area contributed by atoms with Gasteiger partial charge in [-0.3, -0.25) is 0 Å². The van der Waals surface area contributed by atoms with Crippen LogP contribution in [0.2, 0.25) is 0 Å². The number of hydrogen-bond acceptors (Lipinski definition) is 2. The minimum atomic E-state index is 0.354. The van der Waals surface area contributed by atoms with E-state index < -0.39 is 0 Å². The molecule has 0 saturated carbocycles.